The average Bonchev–Trinajstić information content (AvgIpc) is 2.53. The van der Waals surface area contributed by atoms with E-state index in [1.54, 1.807) is 12.1 Å². The molecule has 0 saturated carbocycles. The minimum Gasteiger partial charge on any atom is -0.494 e. The first-order valence-corrected chi connectivity index (χ1v) is 5.22. The normalized spacial score (nSPS) is 13.9. The second-order valence-corrected chi connectivity index (χ2v) is 3.65. The summed E-state index contributed by atoms with van der Waals surface area (Å²) in [5, 5.41) is 0. The van der Waals surface area contributed by atoms with Crippen LogP contribution in [0.5, 0.6) is 5.75 Å². The van der Waals surface area contributed by atoms with Crippen molar-refractivity contribution >= 4 is 17.5 Å². The van der Waals surface area contributed by atoms with Crippen molar-refractivity contribution in [1.82, 2.24) is 0 Å². The third-order valence-corrected chi connectivity index (χ3v) is 2.51. The molecule has 0 aliphatic carbocycles. The molecule has 0 aromatic heterocycles. The summed E-state index contributed by atoms with van der Waals surface area (Å²) in [7, 11) is 0. The monoisotopic (exact) mass is 219 g/mol. The van der Waals surface area contributed by atoms with Gasteiger partial charge in [0.05, 0.1) is 18.7 Å². The minimum atomic E-state index is -0.243. The van der Waals surface area contributed by atoms with E-state index in [2.05, 4.69) is 0 Å². The Hall–Kier alpha value is -1.84. The summed E-state index contributed by atoms with van der Waals surface area (Å²) in [5.41, 5.74) is 1.53. The number of carbonyl (C=O) groups is 2. The van der Waals surface area contributed by atoms with Crippen LogP contribution in [0.15, 0.2) is 18.2 Å². The van der Waals surface area contributed by atoms with E-state index in [-0.39, 0.29) is 18.2 Å². The van der Waals surface area contributed by atoms with Gasteiger partial charge < -0.3 is 4.74 Å². The molecule has 84 valence electrons. The molecule has 0 atom stereocenters. The van der Waals surface area contributed by atoms with Gasteiger partial charge in [-0.1, -0.05) is 0 Å². The van der Waals surface area contributed by atoms with Crippen molar-refractivity contribution in [3.63, 3.8) is 0 Å². The van der Waals surface area contributed by atoms with Gasteiger partial charge in [-0.2, -0.15) is 0 Å². The number of nitrogens with zero attached hydrogens (tertiary/aromatic N) is 1. The highest BCUT2D eigenvalue weighted by Crippen LogP contribution is 2.32. The Morgan fingerprint density at radius 2 is 2.25 bits per heavy atom. The SMILES string of the molecule is CCOc1ccc2c(c1)CC(=O)N2C(C)=O. The molecule has 0 bridgehead atoms. The third kappa shape index (κ3) is 1.66. The van der Waals surface area contributed by atoms with Gasteiger partial charge >= 0.3 is 0 Å². The molecule has 4 nitrogen and oxygen atoms in total. The maximum atomic E-state index is 11.6. The van der Waals surface area contributed by atoms with E-state index in [1.807, 2.05) is 13.0 Å². The van der Waals surface area contributed by atoms with Crippen molar-refractivity contribution < 1.29 is 14.3 Å². The second kappa shape index (κ2) is 3.96. The fourth-order valence-electron chi connectivity index (χ4n) is 1.90. The Morgan fingerprint density at radius 1 is 1.50 bits per heavy atom. The molecule has 1 aromatic carbocycles. The maximum Gasteiger partial charge on any atom is 0.238 e. The second-order valence-electron chi connectivity index (χ2n) is 3.65. The molecule has 0 N–H and O–H groups in total. The smallest absolute Gasteiger partial charge is 0.238 e. The van der Waals surface area contributed by atoms with Gasteiger partial charge in [0, 0.05) is 6.92 Å². The molecule has 0 saturated heterocycles. The van der Waals surface area contributed by atoms with Gasteiger partial charge in [-0.15, -0.1) is 0 Å². The minimum absolute atomic E-state index is 0.170. The first-order valence-electron chi connectivity index (χ1n) is 5.22. The number of ether oxygens (including phenoxy) is 1. The fraction of sp³-hybridized carbons (Fsp3) is 0.333. The highest BCUT2D eigenvalue weighted by molar-refractivity contribution is 6.18. The lowest BCUT2D eigenvalue weighted by molar-refractivity contribution is -0.124. The number of amides is 2. The van der Waals surface area contributed by atoms with E-state index in [0.29, 0.717) is 12.3 Å². The average molecular weight is 219 g/mol. The van der Waals surface area contributed by atoms with E-state index in [0.717, 1.165) is 11.3 Å². The number of hydrogen-bond donors (Lipinski definition) is 0. The predicted molar refractivity (Wildman–Crippen MR) is 59.5 cm³/mol. The number of carbonyl (C=O) groups excluding carboxylic acids is 2. The van der Waals surface area contributed by atoms with E-state index < -0.39 is 0 Å². The van der Waals surface area contributed by atoms with Crippen molar-refractivity contribution in [2.75, 3.05) is 11.5 Å². The Labute approximate surface area is 93.8 Å². The van der Waals surface area contributed by atoms with Crippen LogP contribution < -0.4 is 9.64 Å². The molecule has 0 fully saturated rings. The summed E-state index contributed by atoms with van der Waals surface area (Å²) in [6, 6.07) is 5.35. The van der Waals surface area contributed by atoms with Crippen LogP contribution in [0.4, 0.5) is 5.69 Å². The molecule has 1 aliphatic rings. The number of imide groups is 1. The first-order chi connectivity index (χ1) is 7.63. The molecule has 16 heavy (non-hydrogen) atoms. The Morgan fingerprint density at radius 3 is 2.88 bits per heavy atom. The molecule has 1 aromatic rings. The number of fused-ring (bicyclic) bond motifs is 1. The highest BCUT2D eigenvalue weighted by atomic mass is 16.5. The van der Waals surface area contributed by atoms with Crippen LogP contribution in [0.2, 0.25) is 0 Å². The van der Waals surface area contributed by atoms with Crippen LogP contribution in [-0.4, -0.2) is 18.4 Å². The summed E-state index contributed by atoms with van der Waals surface area (Å²) >= 11 is 0. The van der Waals surface area contributed by atoms with Crippen molar-refractivity contribution in [2.24, 2.45) is 0 Å². The zero-order chi connectivity index (χ0) is 11.7. The molecule has 1 heterocycles. The molecule has 2 amide bonds. The lowest BCUT2D eigenvalue weighted by Gasteiger charge is -2.12. The molecule has 0 unspecified atom stereocenters. The summed E-state index contributed by atoms with van der Waals surface area (Å²) in [6.45, 7) is 3.88. The van der Waals surface area contributed by atoms with Crippen LogP contribution in [0.25, 0.3) is 0 Å². The molecule has 4 heteroatoms. The number of rotatable bonds is 2. The van der Waals surface area contributed by atoms with Gasteiger partial charge in [-0.3, -0.25) is 14.5 Å². The van der Waals surface area contributed by atoms with E-state index >= 15 is 0 Å². The maximum absolute atomic E-state index is 11.6. The number of hydrogen-bond acceptors (Lipinski definition) is 3. The first kappa shape index (κ1) is 10.7. The lowest BCUT2D eigenvalue weighted by Crippen LogP contribution is -2.31. The van der Waals surface area contributed by atoms with Crippen LogP contribution in [0, 0.1) is 0 Å². The summed E-state index contributed by atoms with van der Waals surface area (Å²) in [5.74, 6) is 0.323. The molecular formula is C12H13NO3. The van der Waals surface area contributed by atoms with E-state index in [4.69, 9.17) is 4.74 Å². The summed E-state index contributed by atoms with van der Waals surface area (Å²) < 4.78 is 5.35. The highest BCUT2D eigenvalue weighted by Gasteiger charge is 2.30. The van der Waals surface area contributed by atoms with Crippen LogP contribution >= 0.6 is 0 Å². The number of benzene rings is 1. The quantitative estimate of drug-likeness (QED) is 0.757. The third-order valence-electron chi connectivity index (χ3n) is 2.51. The predicted octanol–water partition coefficient (Wildman–Crippen LogP) is 1.52. The molecule has 2 rings (SSSR count). The fourth-order valence-corrected chi connectivity index (χ4v) is 1.90. The van der Waals surface area contributed by atoms with Gasteiger partial charge in [0.1, 0.15) is 5.75 Å². The Bertz CT molecular complexity index is 454. The lowest BCUT2D eigenvalue weighted by atomic mass is 10.1. The van der Waals surface area contributed by atoms with Gasteiger partial charge in [-0.05, 0) is 30.7 Å². The van der Waals surface area contributed by atoms with Crippen molar-refractivity contribution in [2.45, 2.75) is 20.3 Å². The van der Waals surface area contributed by atoms with Crippen LogP contribution in [0.3, 0.4) is 0 Å². The van der Waals surface area contributed by atoms with E-state index in [1.165, 1.54) is 11.8 Å². The molecule has 0 radical (unpaired) electrons. The Balaban J connectivity index is 2.38. The van der Waals surface area contributed by atoms with Crippen molar-refractivity contribution in [3.05, 3.63) is 23.8 Å². The van der Waals surface area contributed by atoms with Crippen LogP contribution in [0.1, 0.15) is 19.4 Å². The van der Waals surface area contributed by atoms with Crippen molar-refractivity contribution in [3.8, 4) is 5.75 Å². The zero-order valence-electron chi connectivity index (χ0n) is 9.32. The number of anilines is 1. The Kier molecular flexibility index (Phi) is 2.64. The topological polar surface area (TPSA) is 46.6 Å². The molecule has 1 aliphatic heterocycles. The molecule has 0 spiro atoms. The van der Waals surface area contributed by atoms with Gasteiger partial charge in [-0.25, -0.2) is 0 Å². The molecular weight excluding hydrogens is 206 g/mol. The van der Waals surface area contributed by atoms with Crippen LogP contribution in [-0.2, 0) is 16.0 Å². The largest absolute Gasteiger partial charge is 0.494 e. The van der Waals surface area contributed by atoms with Gasteiger partial charge in [0.2, 0.25) is 11.8 Å². The zero-order valence-corrected chi connectivity index (χ0v) is 9.32. The van der Waals surface area contributed by atoms with Crippen molar-refractivity contribution in [1.29, 1.82) is 0 Å². The van der Waals surface area contributed by atoms with Gasteiger partial charge in [0.15, 0.2) is 0 Å². The standard InChI is InChI=1S/C12H13NO3/c1-3-16-10-4-5-11-9(6-10)7-12(15)13(11)8(2)14/h4-6H,3,7H2,1-2H3. The summed E-state index contributed by atoms with van der Waals surface area (Å²) in [4.78, 5) is 24.1. The van der Waals surface area contributed by atoms with Gasteiger partial charge in [0.25, 0.3) is 0 Å². The summed E-state index contributed by atoms with van der Waals surface area (Å²) in [6.07, 6.45) is 0.274. The van der Waals surface area contributed by atoms with E-state index in [9.17, 15) is 9.59 Å².